The molecule has 1 aliphatic carbocycles. The van der Waals surface area contributed by atoms with Crippen molar-refractivity contribution in [3.63, 3.8) is 0 Å². The van der Waals surface area contributed by atoms with Crippen LogP contribution in [0.25, 0.3) is 0 Å². The molecule has 8 heteroatoms. The Morgan fingerprint density at radius 2 is 2.06 bits per heavy atom. The fraction of sp³-hybridized carbons (Fsp3) is 0.625. The van der Waals surface area contributed by atoms with Crippen molar-refractivity contribution in [3.05, 3.63) is 23.8 Å². The van der Waals surface area contributed by atoms with Gasteiger partial charge in [0.25, 0.3) is 5.91 Å². The maximum atomic E-state index is 12.7. The second-order valence-electron chi connectivity index (χ2n) is 9.20. The summed E-state index contributed by atoms with van der Waals surface area (Å²) in [6.07, 6.45) is 7.40. The highest BCUT2D eigenvalue weighted by Crippen LogP contribution is 2.34. The number of benzene rings is 1. The molecule has 1 unspecified atom stereocenters. The molecular formula is C24H33N3O5. The highest BCUT2D eigenvalue weighted by atomic mass is 16.5. The van der Waals surface area contributed by atoms with Crippen LogP contribution >= 0.6 is 0 Å². The summed E-state index contributed by atoms with van der Waals surface area (Å²) in [5, 5.41) is 5.96. The van der Waals surface area contributed by atoms with Crippen LogP contribution in [-0.4, -0.2) is 61.5 Å². The molecule has 1 aromatic carbocycles. The van der Waals surface area contributed by atoms with Gasteiger partial charge in [0.05, 0.1) is 25.8 Å². The number of carbonyl (C=O) groups is 3. The highest BCUT2D eigenvalue weighted by Gasteiger charge is 2.40. The van der Waals surface area contributed by atoms with Crippen molar-refractivity contribution >= 4 is 17.7 Å². The molecule has 2 fully saturated rings. The summed E-state index contributed by atoms with van der Waals surface area (Å²) in [6.45, 7) is 1.50. The minimum Gasteiger partial charge on any atom is -0.497 e. The van der Waals surface area contributed by atoms with Crippen molar-refractivity contribution in [1.82, 2.24) is 15.5 Å². The molecule has 0 bridgehead atoms. The maximum Gasteiger partial charge on any atom is 0.255 e. The van der Waals surface area contributed by atoms with E-state index in [9.17, 15) is 14.4 Å². The fourth-order valence-electron chi connectivity index (χ4n) is 4.91. The first-order valence-electron chi connectivity index (χ1n) is 11.7. The van der Waals surface area contributed by atoms with Crippen LogP contribution in [0.4, 0.5) is 0 Å². The Morgan fingerprint density at radius 3 is 2.84 bits per heavy atom. The predicted octanol–water partition coefficient (Wildman–Crippen LogP) is 2.27. The molecule has 1 spiro atoms. The number of methoxy groups -OCH3 is 1. The average molecular weight is 444 g/mol. The van der Waals surface area contributed by atoms with E-state index in [-0.39, 0.29) is 30.7 Å². The van der Waals surface area contributed by atoms with Crippen LogP contribution in [0.15, 0.2) is 18.2 Å². The molecule has 4 rings (SSSR count). The molecule has 0 aromatic heterocycles. The van der Waals surface area contributed by atoms with Crippen LogP contribution in [0, 0.1) is 5.92 Å². The number of amides is 3. The third-order valence-electron chi connectivity index (χ3n) is 6.96. The molecule has 32 heavy (non-hydrogen) atoms. The number of hydrogen-bond acceptors (Lipinski definition) is 5. The molecule has 2 heterocycles. The zero-order chi connectivity index (χ0) is 22.6. The number of nitrogens with one attached hydrogen (secondary N) is 2. The molecule has 1 saturated heterocycles. The van der Waals surface area contributed by atoms with E-state index in [1.165, 1.54) is 32.1 Å². The number of hydrogen-bond donors (Lipinski definition) is 2. The van der Waals surface area contributed by atoms with E-state index in [1.807, 2.05) is 0 Å². The van der Waals surface area contributed by atoms with E-state index in [1.54, 1.807) is 30.2 Å². The van der Waals surface area contributed by atoms with Crippen molar-refractivity contribution in [2.45, 2.75) is 57.0 Å². The number of ether oxygens (including phenoxy) is 2. The second kappa shape index (κ2) is 9.79. The molecule has 2 aliphatic heterocycles. The van der Waals surface area contributed by atoms with Gasteiger partial charge in [0, 0.05) is 25.9 Å². The van der Waals surface area contributed by atoms with Gasteiger partial charge in [0.1, 0.15) is 17.1 Å². The van der Waals surface area contributed by atoms with Crippen molar-refractivity contribution < 1.29 is 23.9 Å². The third kappa shape index (κ3) is 5.16. The zero-order valence-corrected chi connectivity index (χ0v) is 18.8. The standard InChI is InChI=1S/C24H33N3O5/c1-31-18-7-8-20-19(13-18)23(30)26-16-24(32-20)10-9-22(29)27(12-11-24)15-21(28)25-14-17-5-3-2-4-6-17/h7-8,13,17H,2-6,9-12,14-16H2,1H3,(H,25,28)(H,26,30). The van der Waals surface area contributed by atoms with Gasteiger partial charge < -0.3 is 25.0 Å². The number of nitrogens with zero attached hydrogens (tertiary/aromatic N) is 1. The molecule has 8 nitrogen and oxygen atoms in total. The minimum atomic E-state index is -0.682. The monoisotopic (exact) mass is 443 g/mol. The summed E-state index contributed by atoms with van der Waals surface area (Å²) in [5.41, 5.74) is -0.255. The number of carbonyl (C=O) groups excluding carboxylic acids is 3. The van der Waals surface area contributed by atoms with Crippen molar-refractivity contribution in [3.8, 4) is 11.5 Å². The summed E-state index contributed by atoms with van der Waals surface area (Å²) in [4.78, 5) is 39.5. The Bertz CT molecular complexity index is 867. The van der Waals surface area contributed by atoms with Crippen molar-refractivity contribution in [1.29, 1.82) is 0 Å². The van der Waals surface area contributed by atoms with Gasteiger partial charge in [-0.2, -0.15) is 0 Å². The lowest BCUT2D eigenvalue weighted by Gasteiger charge is -2.32. The average Bonchev–Trinajstić information content (AvgIpc) is 3.05. The molecule has 1 saturated carbocycles. The number of rotatable bonds is 5. The quantitative estimate of drug-likeness (QED) is 0.728. The normalized spacial score (nSPS) is 24.1. The summed E-state index contributed by atoms with van der Waals surface area (Å²) >= 11 is 0. The molecule has 174 valence electrons. The Morgan fingerprint density at radius 1 is 1.25 bits per heavy atom. The fourth-order valence-corrected chi connectivity index (χ4v) is 4.91. The molecule has 3 aliphatic rings. The van der Waals surface area contributed by atoms with E-state index < -0.39 is 5.60 Å². The highest BCUT2D eigenvalue weighted by molar-refractivity contribution is 5.97. The van der Waals surface area contributed by atoms with E-state index in [4.69, 9.17) is 9.47 Å². The molecule has 3 amide bonds. The Balaban J connectivity index is 1.38. The topological polar surface area (TPSA) is 97.0 Å². The van der Waals surface area contributed by atoms with Gasteiger partial charge >= 0.3 is 0 Å². The summed E-state index contributed by atoms with van der Waals surface area (Å²) in [6, 6.07) is 5.16. The van der Waals surface area contributed by atoms with E-state index >= 15 is 0 Å². The predicted molar refractivity (Wildman–Crippen MR) is 119 cm³/mol. The van der Waals surface area contributed by atoms with Gasteiger partial charge in [-0.05, 0) is 43.4 Å². The second-order valence-corrected chi connectivity index (χ2v) is 9.20. The lowest BCUT2D eigenvalue weighted by Crippen LogP contribution is -2.46. The van der Waals surface area contributed by atoms with Crippen LogP contribution < -0.4 is 20.1 Å². The Labute approximate surface area is 189 Å². The van der Waals surface area contributed by atoms with Crippen LogP contribution in [0.3, 0.4) is 0 Å². The zero-order valence-electron chi connectivity index (χ0n) is 18.8. The van der Waals surface area contributed by atoms with Gasteiger partial charge in [0.15, 0.2) is 0 Å². The molecule has 2 N–H and O–H groups in total. The van der Waals surface area contributed by atoms with Crippen LogP contribution in [-0.2, 0) is 9.59 Å². The Hall–Kier alpha value is -2.77. The van der Waals surface area contributed by atoms with Crippen LogP contribution in [0.2, 0.25) is 0 Å². The van der Waals surface area contributed by atoms with Crippen LogP contribution in [0.1, 0.15) is 61.7 Å². The van der Waals surface area contributed by atoms with Gasteiger partial charge in [0.2, 0.25) is 11.8 Å². The van der Waals surface area contributed by atoms with Gasteiger partial charge in [-0.15, -0.1) is 0 Å². The number of fused-ring (bicyclic) bond motifs is 1. The first-order valence-corrected chi connectivity index (χ1v) is 11.7. The van der Waals surface area contributed by atoms with Crippen molar-refractivity contribution in [2.24, 2.45) is 5.92 Å². The van der Waals surface area contributed by atoms with Crippen LogP contribution in [0.5, 0.6) is 11.5 Å². The molecule has 1 aromatic rings. The van der Waals surface area contributed by atoms with E-state index in [0.717, 1.165) is 0 Å². The van der Waals surface area contributed by atoms with E-state index in [0.29, 0.717) is 55.5 Å². The first-order chi connectivity index (χ1) is 15.5. The van der Waals surface area contributed by atoms with Crippen molar-refractivity contribution in [2.75, 3.05) is 33.3 Å². The molecule has 0 radical (unpaired) electrons. The molecular weight excluding hydrogens is 410 g/mol. The summed E-state index contributed by atoms with van der Waals surface area (Å²) in [5.74, 6) is 1.26. The largest absolute Gasteiger partial charge is 0.497 e. The minimum absolute atomic E-state index is 0.0520. The maximum absolute atomic E-state index is 12.7. The number of likely N-dealkylation sites (tertiary alicyclic amines) is 1. The van der Waals surface area contributed by atoms with Gasteiger partial charge in [-0.3, -0.25) is 14.4 Å². The van der Waals surface area contributed by atoms with Gasteiger partial charge in [-0.1, -0.05) is 19.3 Å². The lowest BCUT2D eigenvalue weighted by molar-refractivity contribution is -0.135. The first kappa shape index (κ1) is 22.4. The summed E-state index contributed by atoms with van der Waals surface area (Å²) in [7, 11) is 1.55. The lowest BCUT2D eigenvalue weighted by atomic mass is 9.89. The third-order valence-corrected chi connectivity index (χ3v) is 6.96. The molecule has 1 atom stereocenters. The SMILES string of the molecule is COc1ccc2c(c1)C(=O)NCC1(CCC(=O)N(CC(=O)NCC3CCCCC3)CC1)O2. The summed E-state index contributed by atoms with van der Waals surface area (Å²) < 4.78 is 11.6. The smallest absolute Gasteiger partial charge is 0.255 e. The van der Waals surface area contributed by atoms with Gasteiger partial charge in [-0.25, -0.2) is 0 Å². The van der Waals surface area contributed by atoms with E-state index in [2.05, 4.69) is 10.6 Å². The Kier molecular flexibility index (Phi) is 6.86.